The highest BCUT2D eigenvalue weighted by Gasteiger charge is 2.25. The molecule has 132 valence electrons. The molecule has 0 aromatic heterocycles. The van der Waals surface area contributed by atoms with Crippen LogP contribution in [0.25, 0.3) is 0 Å². The summed E-state index contributed by atoms with van der Waals surface area (Å²) < 4.78 is 39.0. The molecule has 0 N–H and O–H groups in total. The standard InChI is InChI=1S/C19H19F2NO3/c20-15-7-2-1-6-14(15)13-22(17-9-4-3-8-16(17)21)18(23)12-19-24-10-5-11-25-19/h1-4,6-9,19H,5,10-13H2. The fourth-order valence-electron chi connectivity index (χ4n) is 2.68. The Hall–Kier alpha value is -2.31. The molecule has 0 bridgehead atoms. The summed E-state index contributed by atoms with van der Waals surface area (Å²) in [5, 5.41) is 0. The van der Waals surface area contributed by atoms with Gasteiger partial charge in [0.2, 0.25) is 5.91 Å². The lowest BCUT2D eigenvalue weighted by atomic mass is 10.1. The maximum absolute atomic E-state index is 14.2. The van der Waals surface area contributed by atoms with Crippen LogP contribution in [-0.4, -0.2) is 25.4 Å². The van der Waals surface area contributed by atoms with Gasteiger partial charge in [-0.3, -0.25) is 4.79 Å². The minimum atomic E-state index is -0.656. The third-order valence-corrected chi connectivity index (χ3v) is 3.97. The van der Waals surface area contributed by atoms with E-state index in [1.165, 1.54) is 29.2 Å². The smallest absolute Gasteiger partial charge is 0.232 e. The van der Waals surface area contributed by atoms with Crippen LogP contribution in [0, 0.1) is 11.6 Å². The topological polar surface area (TPSA) is 38.8 Å². The largest absolute Gasteiger partial charge is 0.352 e. The van der Waals surface area contributed by atoms with Gasteiger partial charge in [-0.25, -0.2) is 8.78 Å². The number of anilines is 1. The summed E-state index contributed by atoms with van der Waals surface area (Å²) in [4.78, 5) is 14.0. The highest BCUT2D eigenvalue weighted by molar-refractivity contribution is 5.93. The second-order valence-corrected chi connectivity index (χ2v) is 5.75. The van der Waals surface area contributed by atoms with Crippen molar-refractivity contribution in [3.63, 3.8) is 0 Å². The highest BCUT2D eigenvalue weighted by Crippen LogP contribution is 2.24. The van der Waals surface area contributed by atoms with Crippen LogP contribution in [0.3, 0.4) is 0 Å². The summed E-state index contributed by atoms with van der Waals surface area (Å²) >= 11 is 0. The first-order valence-corrected chi connectivity index (χ1v) is 8.16. The lowest BCUT2D eigenvalue weighted by Crippen LogP contribution is -2.36. The maximum Gasteiger partial charge on any atom is 0.232 e. The van der Waals surface area contributed by atoms with E-state index in [1.807, 2.05) is 0 Å². The second kappa shape index (κ2) is 8.18. The van der Waals surface area contributed by atoms with Crippen LogP contribution in [0.5, 0.6) is 0 Å². The minimum Gasteiger partial charge on any atom is -0.352 e. The van der Waals surface area contributed by atoms with E-state index in [-0.39, 0.29) is 24.6 Å². The molecule has 1 heterocycles. The molecule has 3 rings (SSSR count). The number of rotatable bonds is 5. The van der Waals surface area contributed by atoms with Gasteiger partial charge >= 0.3 is 0 Å². The van der Waals surface area contributed by atoms with E-state index < -0.39 is 17.9 Å². The van der Waals surface area contributed by atoms with Gasteiger partial charge in [0.1, 0.15) is 11.6 Å². The monoisotopic (exact) mass is 347 g/mol. The summed E-state index contributed by atoms with van der Waals surface area (Å²) in [5.74, 6) is -1.38. The molecule has 1 aliphatic heterocycles. The first kappa shape index (κ1) is 17.5. The summed E-state index contributed by atoms with van der Waals surface area (Å²) in [7, 11) is 0. The Morgan fingerprint density at radius 3 is 2.32 bits per heavy atom. The SMILES string of the molecule is O=C(CC1OCCCO1)N(Cc1ccccc1F)c1ccccc1F. The molecule has 0 atom stereocenters. The Kier molecular flexibility index (Phi) is 5.73. The molecular formula is C19H19F2NO3. The number of halogens is 2. The fourth-order valence-corrected chi connectivity index (χ4v) is 2.68. The number of benzene rings is 2. The predicted molar refractivity (Wildman–Crippen MR) is 88.9 cm³/mol. The van der Waals surface area contributed by atoms with Crippen LogP contribution in [0.15, 0.2) is 48.5 Å². The van der Waals surface area contributed by atoms with E-state index >= 15 is 0 Å². The Balaban J connectivity index is 1.84. The van der Waals surface area contributed by atoms with Crippen molar-refractivity contribution in [1.82, 2.24) is 0 Å². The quantitative estimate of drug-likeness (QED) is 0.829. The van der Waals surface area contributed by atoms with Gasteiger partial charge in [0.25, 0.3) is 0 Å². The molecule has 4 nitrogen and oxygen atoms in total. The van der Waals surface area contributed by atoms with Gasteiger partial charge in [0.15, 0.2) is 6.29 Å². The number of nitrogens with zero attached hydrogens (tertiary/aromatic N) is 1. The van der Waals surface area contributed by atoms with Crippen LogP contribution < -0.4 is 4.90 Å². The van der Waals surface area contributed by atoms with Crippen molar-refractivity contribution in [1.29, 1.82) is 0 Å². The van der Waals surface area contributed by atoms with Gasteiger partial charge in [0, 0.05) is 5.56 Å². The van der Waals surface area contributed by atoms with Crippen LogP contribution in [0.1, 0.15) is 18.4 Å². The van der Waals surface area contributed by atoms with Gasteiger partial charge in [-0.1, -0.05) is 30.3 Å². The van der Waals surface area contributed by atoms with Crippen molar-refractivity contribution in [3.8, 4) is 0 Å². The zero-order chi connectivity index (χ0) is 17.6. The Morgan fingerprint density at radius 1 is 1.00 bits per heavy atom. The van der Waals surface area contributed by atoms with Gasteiger partial charge in [-0.05, 0) is 24.6 Å². The summed E-state index contributed by atoms with van der Waals surface area (Å²) in [6.07, 6.45) is 0.0656. The molecule has 1 saturated heterocycles. The molecule has 2 aromatic carbocycles. The maximum atomic E-state index is 14.2. The third kappa shape index (κ3) is 4.41. The van der Waals surface area contributed by atoms with E-state index in [1.54, 1.807) is 24.3 Å². The molecule has 0 saturated carbocycles. The number of amides is 1. The van der Waals surface area contributed by atoms with Crippen LogP contribution in [-0.2, 0) is 20.8 Å². The average Bonchev–Trinajstić information content (AvgIpc) is 2.63. The fraction of sp³-hybridized carbons (Fsp3) is 0.316. The zero-order valence-corrected chi connectivity index (χ0v) is 13.7. The molecule has 0 aliphatic carbocycles. The van der Waals surface area contributed by atoms with Gasteiger partial charge < -0.3 is 14.4 Å². The van der Waals surface area contributed by atoms with Crippen molar-refractivity contribution < 1.29 is 23.0 Å². The number of hydrogen-bond donors (Lipinski definition) is 0. The zero-order valence-electron chi connectivity index (χ0n) is 13.7. The van der Waals surface area contributed by atoms with Crippen LogP contribution >= 0.6 is 0 Å². The minimum absolute atomic E-state index is 0.0528. The van der Waals surface area contributed by atoms with Crippen LogP contribution in [0.2, 0.25) is 0 Å². The highest BCUT2D eigenvalue weighted by atomic mass is 19.1. The number of hydrogen-bond acceptors (Lipinski definition) is 3. The van der Waals surface area contributed by atoms with Crippen molar-refractivity contribution in [2.24, 2.45) is 0 Å². The third-order valence-electron chi connectivity index (χ3n) is 3.97. The van der Waals surface area contributed by atoms with E-state index in [9.17, 15) is 13.6 Å². The Morgan fingerprint density at radius 2 is 1.64 bits per heavy atom. The second-order valence-electron chi connectivity index (χ2n) is 5.75. The number of ether oxygens (including phenoxy) is 2. The Labute approximate surface area is 145 Å². The predicted octanol–water partition coefficient (Wildman–Crippen LogP) is 3.65. The van der Waals surface area contributed by atoms with Crippen molar-refractivity contribution >= 4 is 11.6 Å². The van der Waals surface area contributed by atoms with E-state index in [0.29, 0.717) is 18.8 Å². The summed E-state index contributed by atoms with van der Waals surface area (Å²) in [6, 6.07) is 12.1. The number of carbonyl (C=O) groups excluding carboxylic acids is 1. The van der Waals surface area contributed by atoms with Gasteiger partial charge in [0.05, 0.1) is 31.9 Å². The van der Waals surface area contributed by atoms with Crippen molar-refractivity contribution in [3.05, 3.63) is 65.7 Å². The lowest BCUT2D eigenvalue weighted by Gasteiger charge is -2.28. The van der Waals surface area contributed by atoms with Gasteiger partial charge in [-0.15, -0.1) is 0 Å². The lowest BCUT2D eigenvalue weighted by molar-refractivity contribution is -0.183. The molecule has 25 heavy (non-hydrogen) atoms. The number of para-hydroxylation sites is 1. The molecule has 0 radical (unpaired) electrons. The molecule has 6 heteroatoms. The van der Waals surface area contributed by atoms with Crippen molar-refractivity contribution in [2.75, 3.05) is 18.1 Å². The molecule has 2 aromatic rings. The molecular weight excluding hydrogens is 328 g/mol. The Bertz CT molecular complexity index is 732. The normalized spacial score (nSPS) is 15.1. The molecule has 1 aliphatic rings. The molecule has 0 unspecified atom stereocenters. The van der Waals surface area contributed by atoms with Gasteiger partial charge in [-0.2, -0.15) is 0 Å². The molecule has 1 amide bonds. The van der Waals surface area contributed by atoms with Crippen LogP contribution in [0.4, 0.5) is 14.5 Å². The van der Waals surface area contributed by atoms with Crippen molar-refractivity contribution in [2.45, 2.75) is 25.7 Å². The van der Waals surface area contributed by atoms with E-state index in [2.05, 4.69) is 0 Å². The molecule has 0 spiro atoms. The first-order chi connectivity index (χ1) is 12.1. The summed E-state index contributed by atoms with van der Waals surface area (Å²) in [6.45, 7) is 0.967. The first-order valence-electron chi connectivity index (χ1n) is 8.16. The average molecular weight is 347 g/mol. The number of carbonyl (C=O) groups is 1. The van der Waals surface area contributed by atoms with E-state index in [0.717, 1.165) is 6.42 Å². The van der Waals surface area contributed by atoms with E-state index in [4.69, 9.17) is 9.47 Å². The summed E-state index contributed by atoms with van der Waals surface area (Å²) in [5.41, 5.74) is 0.413. The molecule has 1 fully saturated rings.